The normalized spacial score (nSPS) is 18.1. The number of carbonyl (C=O) groups excluding carboxylic acids is 2. The van der Waals surface area contributed by atoms with Gasteiger partial charge in [-0.2, -0.15) is 0 Å². The lowest BCUT2D eigenvalue weighted by Crippen LogP contribution is -2.43. The Morgan fingerprint density at radius 1 is 1.21 bits per heavy atom. The molecule has 9 nitrogen and oxygen atoms in total. The van der Waals surface area contributed by atoms with Gasteiger partial charge in [-0.3, -0.25) is 9.69 Å². The molecule has 2 atom stereocenters. The van der Waals surface area contributed by atoms with Crippen molar-refractivity contribution in [3.8, 4) is 5.75 Å². The summed E-state index contributed by atoms with van der Waals surface area (Å²) >= 11 is 0. The van der Waals surface area contributed by atoms with Crippen LogP contribution in [0.25, 0.3) is 0 Å². The Hall–Kier alpha value is -3.79. The number of esters is 1. The van der Waals surface area contributed by atoms with Crippen molar-refractivity contribution in [2.45, 2.75) is 31.5 Å². The van der Waals surface area contributed by atoms with Crippen LogP contribution < -0.4 is 5.32 Å². The molecule has 1 aromatic heterocycles. The number of para-hydroxylation sites is 1. The van der Waals surface area contributed by atoms with Crippen LogP contribution in [-0.4, -0.2) is 63.1 Å². The number of carbonyl (C=O) groups is 2. The summed E-state index contributed by atoms with van der Waals surface area (Å²) in [6, 6.07) is 12.5. The molecule has 0 bridgehead atoms. The zero-order chi connectivity index (χ0) is 24.1. The molecule has 1 aliphatic rings. The molecule has 4 rings (SSSR count). The van der Waals surface area contributed by atoms with Gasteiger partial charge in [-0.25, -0.2) is 13.9 Å². The van der Waals surface area contributed by atoms with E-state index in [9.17, 15) is 19.1 Å². The molecule has 10 heteroatoms. The van der Waals surface area contributed by atoms with Gasteiger partial charge in [-0.1, -0.05) is 35.5 Å². The summed E-state index contributed by atoms with van der Waals surface area (Å²) in [6.07, 6.45) is 2.55. The molecule has 0 unspecified atom stereocenters. The molecular weight excluding hydrogens is 441 g/mol. The van der Waals surface area contributed by atoms with E-state index in [4.69, 9.17) is 4.74 Å². The first-order valence-electron chi connectivity index (χ1n) is 11.0. The molecule has 1 fully saturated rings. The van der Waals surface area contributed by atoms with Gasteiger partial charge in [-0.15, -0.1) is 5.10 Å². The van der Waals surface area contributed by atoms with Crippen LogP contribution in [0.4, 0.5) is 4.39 Å². The van der Waals surface area contributed by atoms with E-state index in [-0.39, 0.29) is 29.2 Å². The summed E-state index contributed by atoms with van der Waals surface area (Å²) in [5.41, 5.74) is 1.73. The maximum Gasteiger partial charge on any atom is 0.360 e. The van der Waals surface area contributed by atoms with Crippen LogP contribution >= 0.6 is 0 Å². The fourth-order valence-corrected chi connectivity index (χ4v) is 4.13. The second-order valence-electron chi connectivity index (χ2n) is 8.21. The quantitative estimate of drug-likeness (QED) is 0.488. The number of rotatable bonds is 8. The third kappa shape index (κ3) is 5.40. The van der Waals surface area contributed by atoms with Gasteiger partial charge in [0.05, 0.1) is 25.4 Å². The molecule has 0 aliphatic carbocycles. The minimum absolute atomic E-state index is 0.0990. The summed E-state index contributed by atoms with van der Waals surface area (Å²) in [5.74, 6) is -0.859. The Kier molecular flexibility index (Phi) is 7.17. The van der Waals surface area contributed by atoms with Crippen molar-refractivity contribution in [1.82, 2.24) is 25.2 Å². The molecule has 1 aliphatic heterocycles. The molecule has 34 heavy (non-hydrogen) atoms. The Balaban J connectivity index is 1.46. The number of aromatic hydroxyl groups is 1. The maximum absolute atomic E-state index is 13.1. The number of nitrogens with one attached hydrogen (secondary N) is 1. The number of benzene rings is 2. The predicted octanol–water partition coefficient (Wildman–Crippen LogP) is 2.08. The van der Waals surface area contributed by atoms with Crippen LogP contribution in [-0.2, 0) is 22.5 Å². The average Bonchev–Trinajstić information content (AvgIpc) is 3.49. The van der Waals surface area contributed by atoms with Crippen molar-refractivity contribution in [1.29, 1.82) is 0 Å². The van der Waals surface area contributed by atoms with Crippen LogP contribution in [0.15, 0.2) is 54.7 Å². The monoisotopic (exact) mass is 467 g/mol. The number of nitrogens with zero attached hydrogens (tertiary/aromatic N) is 4. The summed E-state index contributed by atoms with van der Waals surface area (Å²) in [6.45, 7) is 1.26. The Morgan fingerprint density at radius 2 is 1.97 bits per heavy atom. The SMILES string of the molecule is COC(=O)c1cn([C@H]2C[C@@H](C(=O)NCCc3ccc(F)cc3)N(Cc3ccccc3O)C2)nn1. The molecule has 0 spiro atoms. The largest absolute Gasteiger partial charge is 0.508 e. The molecular formula is C24H26FN5O4. The number of hydrogen-bond acceptors (Lipinski definition) is 7. The molecule has 1 saturated heterocycles. The number of halogens is 1. The first kappa shape index (κ1) is 23.4. The summed E-state index contributed by atoms with van der Waals surface area (Å²) < 4.78 is 19.4. The summed E-state index contributed by atoms with van der Waals surface area (Å²) in [7, 11) is 1.28. The van der Waals surface area contributed by atoms with Crippen molar-refractivity contribution in [3.05, 3.63) is 77.4 Å². The van der Waals surface area contributed by atoms with E-state index in [1.54, 1.807) is 28.9 Å². The molecule has 2 heterocycles. The lowest BCUT2D eigenvalue weighted by Gasteiger charge is -2.24. The molecule has 2 N–H and O–H groups in total. The third-order valence-electron chi connectivity index (χ3n) is 5.95. The molecule has 0 saturated carbocycles. The first-order valence-corrected chi connectivity index (χ1v) is 11.0. The molecule has 2 aromatic carbocycles. The Morgan fingerprint density at radius 3 is 2.71 bits per heavy atom. The van der Waals surface area contributed by atoms with Crippen molar-refractivity contribution in [3.63, 3.8) is 0 Å². The second kappa shape index (κ2) is 10.4. The van der Waals surface area contributed by atoms with Crippen LogP contribution in [0.2, 0.25) is 0 Å². The van der Waals surface area contributed by atoms with Gasteiger partial charge in [-0.05, 0) is 36.6 Å². The van der Waals surface area contributed by atoms with Gasteiger partial charge in [0.1, 0.15) is 11.6 Å². The van der Waals surface area contributed by atoms with Crippen LogP contribution in [0.1, 0.15) is 34.1 Å². The van der Waals surface area contributed by atoms with Gasteiger partial charge in [0.15, 0.2) is 5.69 Å². The highest BCUT2D eigenvalue weighted by molar-refractivity contribution is 5.86. The van der Waals surface area contributed by atoms with E-state index in [0.717, 1.165) is 5.56 Å². The summed E-state index contributed by atoms with van der Waals surface area (Å²) in [4.78, 5) is 26.8. The fourth-order valence-electron chi connectivity index (χ4n) is 4.13. The van der Waals surface area contributed by atoms with E-state index in [1.807, 2.05) is 17.0 Å². The van der Waals surface area contributed by atoms with Crippen LogP contribution in [0.3, 0.4) is 0 Å². The maximum atomic E-state index is 13.1. The number of amides is 1. The smallest absolute Gasteiger partial charge is 0.360 e. The lowest BCUT2D eigenvalue weighted by molar-refractivity contribution is -0.125. The number of aromatic nitrogens is 3. The first-order chi connectivity index (χ1) is 16.4. The number of hydrogen-bond donors (Lipinski definition) is 2. The van der Waals surface area contributed by atoms with Crippen LogP contribution in [0.5, 0.6) is 5.75 Å². The molecule has 1 amide bonds. The minimum atomic E-state index is -0.578. The molecule has 0 radical (unpaired) electrons. The highest BCUT2D eigenvalue weighted by atomic mass is 19.1. The van der Waals surface area contributed by atoms with Gasteiger partial charge >= 0.3 is 5.97 Å². The van der Waals surface area contributed by atoms with Gasteiger partial charge in [0.25, 0.3) is 0 Å². The second-order valence-corrected chi connectivity index (χ2v) is 8.21. The number of ether oxygens (including phenoxy) is 1. The number of methoxy groups -OCH3 is 1. The van der Waals surface area contributed by atoms with E-state index in [1.165, 1.54) is 25.4 Å². The predicted molar refractivity (Wildman–Crippen MR) is 120 cm³/mol. The molecule has 3 aromatic rings. The van der Waals surface area contributed by atoms with Gasteiger partial charge in [0.2, 0.25) is 5.91 Å². The Labute approximate surface area is 196 Å². The van der Waals surface area contributed by atoms with E-state index in [0.29, 0.717) is 38.0 Å². The lowest BCUT2D eigenvalue weighted by atomic mass is 10.1. The van der Waals surface area contributed by atoms with Crippen molar-refractivity contribution >= 4 is 11.9 Å². The molecule has 178 valence electrons. The van der Waals surface area contributed by atoms with Crippen molar-refractivity contribution < 1.29 is 23.8 Å². The van der Waals surface area contributed by atoms with Gasteiger partial charge in [0, 0.05) is 25.2 Å². The van der Waals surface area contributed by atoms with Crippen molar-refractivity contribution in [2.24, 2.45) is 0 Å². The number of phenols is 1. The third-order valence-corrected chi connectivity index (χ3v) is 5.95. The van der Waals surface area contributed by atoms with Crippen LogP contribution in [0, 0.1) is 5.82 Å². The van der Waals surface area contributed by atoms with E-state index < -0.39 is 12.0 Å². The van der Waals surface area contributed by atoms with Gasteiger partial charge < -0.3 is 15.2 Å². The van der Waals surface area contributed by atoms with E-state index in [2.05, 4.69) is 15.6 Å². The number of phenolic OH excluding ortho intramolecular Hbond substituents is 1. The highest BCUT2D eigenvalue weighted by Crippen LogP contribution is 2.30. The van der Waals surface area contributed by atoms with Crippen molar-refractivity contribution in [2.75, 3.05) is 20.2 Å². The highest BCUT2D eigenvalue weighted by Gasteiger charge is 2.38. The zero-order valence-corrected chi connectivity index (χ0v) is 18.7. The fraction of sp³-hybridized carbons (Fsp3) is 0.333. The van der Waals surface area contributed by atoms with E-state index >= 15 is 0 Å². The number of likely N-dealkylation sites (tertiary alicyclic amines) is 1. The standard InChI is InChI=1S/C24H26FN5O4/c1-34-24(33)20-15-30(28-27-20)19-12-21(29(14-19)13-17-4-2-3-5-22(17)31)23(32)26-11-10-16-6-8-18(25)9-7-16/h2-9,15,19,21,31H,10-14H2,1H3,(H,26,32)/t19-,21-/m0/s1. The average molecular weight is 468 g/mol. The minimum Gasteiger partial charge on any atom is -0.508 e. The topological polar surface area (TPSA) is 110 Å². The summed E-state index contributed by atoms with van der Waals surface area (Å²) in [5, 5.41) is 21.1. The zero-order valence-electron chi connectivity index (χ0n) is 18.7. The Bertz CT molecular complexity index is 1150.